The van der Waals surface area contributed by atoms with Gasteiger partial charge in [0.2, 0.25) is 5.91 Å². The van der Waals surface area contributed by atoms with Crippen molar-refractivity contribution < 1.29 is 19.1 Å². The second-order valence-electron chi connectivity index (χ2n) is 6.71. The van der Waals surface area contributed by atoms with Crippen molar-refractivity contribution in [2.24, 2.45) is 0 Å². The zero-order chi connectivity index (χ0) is 15.5. The van der Waals surface area contributed by atoms with E-state index in [1.807, 2.05) is 20.8 Å². The summed E-state index contributed by atoms with van der Waals surface area (Å²) >= 11 is 0. The van der Waals surface area contributed by atoms with Gasteiger partial charge < -0.3 is 14.8 Å². The van der Waals surface area contributed by atoms with E-state index < -0.39 is 17.7 Å². The molecule has 0 radical (unpaired) electrons. The van der Waals surface area contributed by atoms with E-state index in [0.717, 1.165) is 25.9 Å². The van der Waals surface area contributed by atoms with E-state index in [2.05, 4.69) is 5.32 Å². The first-order valence-corrected chi connectivity index (χ1v) is 7.76. The average molecular weight is 298 g/mol. The summed E-state index contributed by atoms with van der Waals surface area (Å²) in [6, 6.07) is -0.416. The first-order chi connectivity index (χ1) is 9.87. The lowest BCUT2D eigenvalue weighted by Crippen LogP contribution is -2.48. The smallest absolute Gasteiger partial charge is 0.410 e. The zero-order valence-corrected chi connectivity index (χ0v) is 13.2. The lowest BCUT2D eigenvalue weighted by molar-refractivity contribution is -0.126. The van der Waals surface area contributed by atoms with E-state index in [1.54, 1.807) is 0 Å². The van der Waals surface area contributed by atoms with Gasteiger partial charge in [0, 0.05) is 19.7 Å². The van der Waals surface area contributed by atoms with Crippen molar-refractivity contribution in [3.8, 4) is 0 Å². The standard InChI is InChI=1S/C15H26N2O4/c1-15(2,3)21-14(19)17-8-4-7-12(17)13(18)16-10-11-6-5-9-20-11/h11-12H,4-10H2,1-3H3,(H,16,18)/t11-,12-/m1/s1. The first-order valence-electron chi connectivity index (χ1n) is 7.76. The Labute approximate surface area is 126 Å². The Morgan fingerprint density at radius 3 is 2.67 bits per heavy atom. The molecular formula is C15H26N2O4. The molecule has 6 heteroatoms. The van der Waals surface area contributed by atoms with Crippen LogP contribution in [0.2, 0.25) is 0 Å². The summed E-state index contributed by atoms with van der Waals surface area (Å²) in [6.45, 7) is 7.35. The summed E-state index contributed by atoms with van der Waals surface area (Å²) in [5.74, 6) is -0.103. The third-order valence-corrected chi connectivity index (χ3v) is 3.71. The van der Waals surface area contributed by atoms with Crippen LogP contribution >= 0.6 is 0 Å². The number of ether oxygens (including phenoxy) is 2. The van der Waals surface area contributed by atoms with Crippen LogP contribution < -0.4 is 5.32 Å². The molecule has 2 saturated heterocycles. The largest absolute Gasteiger partial charge is 0.444 e. The van der Waals surface area contributed by atoms with Crippen molar-refractivity contribution in [1.82, 2.24) is 10.2 Å². The molecule has 0 aromatic rings. The van der Waals surface area contributed by atoms with Gasteiger partial charge in [0.25, 0.3) is 0 Å². The zero-order valence-electron chi connectivity index (χ0n) is 13.2. The molecule has 2 fully saturated rings. The molecule has 2 heterocycles. The topological polar surface area (TPSA) is 67.9 Å². The highest BCUT2D eigenvalue weighted by molar-refractivity contribution is 5.86. The molecule has 1 N–H and O–H groups in total. The quantitative estimate of drug-likeness (QED) is 0.861. The van der Waals surface area contributed by atoms with Crippen LogP contribution in [-0.2, 0) is 14.3 Å². The molecule has 2 aliphatic rings. The maximum atomic E-state index is 12.3. The fourth-order valence-electron chi connectivity index (χ4n) is 2.72. The van der Waals surface area contributed by atoms with Crippen LogP contribution in [0, 0.1) is 0 Å². The van der Waals surface area contributed by atoms with E-state index in [-0.39, 0.29) is 12.0 Å². The molecule has 0 aromatic carbocycles. The van der Waals surface area contributed by atoms with Crippen molar-refractivity contribution in [3.05, 3.63) is 0 Å². The lowest BCUT2D eigenvalue weighted by atomic mass is 10.2. The molecule has 0 bridgehead atoms. The predicted molar refractivity (Wildman–Crippen MR) is 77.9 cm³/mol. The normalized spacial score (nSPS) is 26.0. The van der Waals surface area contributed by atoms with Gasteiger partial charge in [0.1, 0.15) is 11.6 Å². The Balaban J connectivity index is 1.85. The third kappa shape index (κ3) is 4.59. The molecule has 2 amide bonds. The summed E-state index contributed by atoms with van der Waals surface area (Å²) in [5, 5.41) is 2.90. The first kappa shape index (κ1) is 16.1. The average Bonchev–Trinajstić information content (AvgIpc) is 3.05. The Morgan fingerprint density at radius 2 is 2.05 bits per heavy atom. The van der Waals surface area contributed by atoms with Crippen LogP contribution in [-0.4, -0.2) is 54.3 Å². The van der Waals surface area contributed by atoms with Gasteiger partial charge in [0.05, 0.1) is 6.10 Å². The molecule has 0 spiro atoms. The fraction of sp³-hybridized carbons (Fsp3) is 0.867. The lowest BCUT2D eigenvalue weighted by Gasteiger charge is -2.28. The van der Waals surface area contributed by atoms with Crippen LogP contribution in [0.25, 0.3) is 0 Å². The minimum Gasteiger partial charge on any atom is -0.444 e. The monoisotopic (exact) mass is 298 g/mol. The van der Waals surface area contributed by atoms with Crippen molar-refractivity contribution >= 4 is 12.0 Å². The summed E-state index contributed by atoms with van der Waals surface area (Å²) in [4.78, 5) is 25.9. The maximum absolute atomic E-state index is 12.3. The molecule has 2 atom stereocenters. The van der Waals surface area contributed by atoms with E-state index in [1.165, 1.54) is 4.90 Å². The minimum atomic E-state index is -0.543. The molecule has 120 valence electrons. The molecule has 0 aliphatic carbocycles. The van der Waals surface area contributed by atoms with Gasteiger partial charge in [-0.05, 0) is 46.5 Å². The Hall–Kier alpha value is -1.30. The number of carbonyl (C=O) groups is 2. The Morgan fingerprint density at radius 1 is 1.29 bits per heavy atom. The minimum absolute atomic E-state index is 0.103. The van der Waals surface area contributed by atoms with Crippen LogP contribution in [0.15, 0.2) is 0 Å². The van der Waals surface area contributed by atoms with Crippen LogP contribution in [0.4, 0.5) is 4.79 Å². The molecule has 2 aliphatic heterocycles. The number of nitrogens with one attached hydrogen (secondary N) is 1. The molecule has 2 rings (SSSR count). The van der Waals surface area contributed by atoms with E-state index >= 15 is 0 Å². The number of hydrogen-bond donors (Lipinski definition) is 1. The molecule has 0 unspecified atom stereocenters. The Bertz CT molecular complexity index is 386. The van der Waals surface area contributed by atoms with Gasteiger partial charge in [-0.15, -0.1) is 0 Å². The number of hydrogen-bond acceptors (Lipinski definition) is 4. The highest BCUT2D eigenvalue weighted by Crippen LogP contribution is 2.21. The van der Waals surface area contributed by atoms with Crippen LogP contribution in [0.3, 0.4) is 0 Å². The van der Waals surface area contributed by atoms with E-state index in [4.69, 9.17) is 9.47 Å². The molecule has 6 nitrogen and oxygen atoms in total. The molecule has 0 saturated carbocycles. The van der Waals surface area contributed by atoms with Crippen molar-refractivity contribution in [2.75, 3.05) is 19.7 Å². The van der Waals surface area contributed by atoms with E-state index in [9.17, 15) is 9.59 Å². The fourth-order valence-corrected chi connectivity index (χ4v) is 2.72. The van der Waals surface area contributed by atoms with Gasteiger partial charge >= 0.3 is 6.09 Å². The number of amides is 2. The number of carbonyl (C=O) groups excluding carboxylic acids is 2. The summed E-state index contributed by atoms with van der Waals surface area (Å²) in [7, 11) is 0. The number of nitrogens with zero attached hydrogens (tertiary/aromatic N) is 1. The highest BCUT2D eigenvalue weighted by Gasteiger charge is 2.36. The molecule has 21 heavy (non-hydrogen) atoms. The summed E-state index contributed by atoms with van der Waals surface area (Å²) in [6.07, 6.45) is 3.27. The van der Waals surface area contributed by atoms with Crippen molar-refractivity contribution in [3.63, 3.8) is 0 Å². The highest BCUT2D eigenvalue weighted by atomic mass is 16.6. The van der Waals surface area contributed by atoms with Gasteiger partial charge in [0.15, 0.2) is 0 Å². The number of rotatable bonds is 3. The van der Waals surface area contributed by atoms with Gasteiger partial charge in [-0.25, -0.2) is 4.79 Å². The summed E-state index contributed by atoms with van der Waals surface area (Å²) in [5.41, 5.74) is -0.543. The van der Waals surface area contributed by atoms with Crippen molar-refractivity contribution in [2.45, 2.75) is 64.2 Å². The predicted octanol–water partition coefficient (Wildman–Crippen LogP) is 1.68. The molecule has 0 aromatic heterocycles. The van der Waals surface area contributed by atoms with Crippen LogP contribution in [0.1, 0.15) is 46.5 Å². The Kier molecular flexibility index (Phi) is 5.08. The van der Waals surface area contributed by atoms with Gasteiger partial charge in [-0.1, -0.05) is 0 Å². The second kappa shape index (κ2) is 6.64. The summed E-state index contributed by atoms with van der Waals surface area (Å²) < 4.78 is 10.8. The number of likely N-dealkylation sites (tertiary alicyclic amines) is 1. The van der Waals surface area contributed by atoms with E-state index in [0.29, 0.717) is 19.5 Å². The second-order valence-corrected chi connectivity index (χ2v) is 6.71. The molecular weight excluding hydrogens is 272 g/mol. The SMILES string of the molecule is CC(C)(C)OC(=O)N1CCC[C@@H]1C(=O)NC[C@H]1CCCO1. The van der Waals surface area contributed by atoms with Gasteiger partial charge in [-0.2, -0.15) is 0 Å². The van der Waals surface area contributed by atoms with Crippen LogP contribution in [0.5, 0.6) is 0 Å². The maximum Gasteiger partial charge on any atom is 0.410 e. The van der Waals surface area contributed by atoms with Crippen molar-refractivity contribution in [1.29, 1.82) is 0 Å². The third-order valence-electron chi connectivity index (χ3n) is 3.71. The van der Waals surface area contributed by atoms with Gasteiger partial charge in [-0.3, -0.25) is 9.69 Å².